The van der Waals surface area contributed by atoms with Crippen LogP contribution in [0.4, 0.5) is 0 Å². The number of carboxylic acids is 1. The van der Waals surface area contributed by atoms with Crippen LogP contribution in [0.5, 0.6) is 0 Å². The standard InChI is InChI=1S/C15H21N3O7S/c1-10-3-4-12(14(21)16-10)15(22)17-5-6-25-11(7-17)8-18(9-13(19)20)26(2,23)24/h3-4,11H,5-9H2,1-2H3,(H,16,21)(H,19,20). The molecule has 1 aromatic rings. The van der Waals surface area contributed by atoms with E-state index >= 15 is 0 Å². The molecule has 0 aliphatic carbocycles. The van der Waals surface area contributed by atoms with E-state index in [4.69, 9.17) is 9.84 Å². The lowest BCUT2D eigenvalue weighted by Gasteiger charge is -2.34. The van der Waals surface area contributed by atoms with Crippen LogP contribution < -0.4 is 5.56 Å². The van der Waals surface area contributed by atoms with Crippen LogP contribution in [0, 0.1) is 6.92 Å². The van der Waals surface area contributed by atoms with E-state index in [0.717, 1.165) is 10.6 Å². The third-order valence-corrected chi connectivity index (χ3v) is 5.12. The molecule has 2 N–H and O–H groups in total. The van der Waals surface area contributed by atoms with Crippen molar-refractivity contribution in [1.82, 2.24) is 14.2 Å². The Labute approximate surface area is 150 Å². The van der Waals surface area contributed by atoms with Gasteiger partial charge < -0.3 is 19.7 Å². The van der Waals surface area contributed by atoms with Crippen molar-refractivity contribution >= 4 is 21.9 Å². The summed E-state index contributed by atoms with van der Waals surface area (Å²) in [4.78, 5) is 39.3. The van der Waals surface area contributed by atoms with Crippen molar-refractivity contribution in [2.24, 2.45) is 0 Å². The Morgan fingerprint density at radius 1 is 1.42 bits per heavy atom. The molecule has 0 radical (unpaired) electrons. The van der Waals surface area contributed by atoms with Gasteiger partial charge >= 0.3 is 5.97 Å². The quantitative estimate of drug-likeness (QED) is 0.630. The Morgan fingerprint density at radius 3 is 2.69 bits per heavy atom. The van der Waals surface area contributed by atoms with Crippen LogP contribution in [0.3, 0.4) is 0 Å². The van der Waals surface area contributed by atoms with Crippen LogP contribution in [0.15, 0.2) is 16.9 Å². The van der Waals surface area contributed by atoms with Crippen molar-refractivity contribution in [2.75, 3.05) is 39.0 Å². The molecule has 1 atom stereocenters. The number of aliphatic carboxylic acids is 1. The van der Waals surface area contributed by atoms with E-state index in [1.807, 2.05) is 0 Å². The molecule has 144 valence electrons. The molecule has 2 heterocycles. The highest BCUT2D eigenvalue weighted by Crippen LogP contribution is 2.12. The largest absolute Gasteiger partial charge is 0.480 e. The van der Waals surface area contributed by atoms with E-state index in [9.17, 15) is 22.8 Å². The number of H-pyrrole nitrogens is 1. The SMILES string of the molecule is Cc1ccc(C(=O)N2CCOC(CN(CC(=O)O)S(C)(=O)=O)C2)c(=O)[nH]1. The number of ether oxygens (including phenoxy) is 1. The van der Waals surface area contributed by atoms with E-state index in [0.29, 0.717) is 5.69 Å². The van der Waals surface area contributed by atoms with Crippen LogP contribution in [0.1, 0.15) is 16.1 Å². The first-order valence-corrected chi connectivity index (χ1v) is 9.70. The van der Waals surface area contributed by atoms with Crippen molar-refractivity contribution in [2.45, 2.75) is 13.0 Å². The summed E-state index contributed by atoms with van der Waals surface area (Å²) in [6.07, 6.45) is 0.222. The predicted octanol–water partition coefficient (Wildman–Crippen LogP) is -1.13. The highest BCUT2D eigenvalue weighted by Gasteiger charge is 2.30. The third kappa shape index (κ3) is 5.13. The van der Waals surface area contributed by atoms with Crippen molar-refractivity contribution in [3.05, 3.63) is 33.7 Å². The van der Waals surface area contributed by atoms with Gasteiger partial charge in [-0.2, -0.15) is 4.31 Å². The molecule has 1 amide bonds. The number of sulfonamides is 1. The lowest BCUT2D eigenvalue weighted by atomic mass is 10.2. The second kappa shape index (κ2) is 7.98. The summed E-state index contributed by atoms with van der Waals surface area (Å²) in [5.74, 6) is -1.77. The van der Waals surface area contributed by atoms with Crippen molar-refractivity contribution in [3.63, 3.8) is 0 Å². The van der Waals surface area contributed by atoms with Gasteiger partial charge in [-0.25, -0.2) is 8.42 Å². The molecule has 1 aliphatic rings. The molecule has 0 saturated carbocycles. The summed E-state index contributed by atoms with van der Waals surface area (Å²) in [5, 5.41) is 8.87. The Kier molecular flexibility index (Phi) is 6.16. The van der Waals surface area contributed by atoms with Gasteiger partial charge in [0.2, 0.25) is 10.0 Å². The third-order valence-electron chi connectivity index (χ3n) is 3.90. The average Bonchev–Trinajstić information content (AvgIpc) is 2.53. The summed E-state index contributed by atoms with van der Waals surface area (Å²) in [6.45, 7) is 1.27. The van der Waals surface area contributed by atoms with Gasteiger partial charge in [-0.15, -0.1) is 0 Å². The van der Waals surface area contributed by atoms with Crippen LogP contribution in [-0.2, 0) is 19.6 Å². The molecular weight excluding hydrogens is 366 g/mol. The summed E-state index contributed by atoms with van der Waals surface area (Å²) in [7, 11) is -3.75. The molecule has 10 nitrogen and oxygen atoms in total. The number of hydrogen-bond acceptors (Lipinski definition) is 6. The van der Waals surface area contributed by atoms with Crippen LogP contribution in [0.25, 0.3) is 0 Å². The Hall–Kier alpha value is -2.24. The van der Waals surface area contributed by atoms with E-state index in [-0.39, 0.29) is 31.8 Å². The minimum Gasteiger partial charge on any atom is -0.480 e. The number of carbonyl (C=O) groups excluding carboxylic acids is 1. The zero-order chi connectivity index (χ0) is 19.5. The number of morpholine rings is 1. The second-order valence-electron chi connectivity index (χ2n) is 6.08. The molecule has 0 aromatic carbocycles. The van der Waals surface area contributed by atoms with E-state index < -0.39 is 40.1 Å². The normalized spacial score (nSPS) is 18.1. The molecule has 1 fully saturated rings. The summed E-state index contributed by atoms with van der Waals surface area (Å²) in [5.41, 5.74) is 0.118. The first-order chi connectivity index (χ1) is 12.1. The number of pyridine rings is 1. The fourth-order valence-corrected chi connectivity index (χ4v) is 3.40. The molecule has 1 aliphatic heterocycles. The Balaban J connectivity index is 2.11. The highest BCUT2D eigenvalue weighted by molar-refractivity contribution is 7.88. The van der Waals surface area contributed by atoms with E-state index in [1.165, 1.54) is 11.0 Å². The fourth-order valence-electron chi connectivity index (χ4n) is 2.62. The molecule has 1 aromatic heterocycles. The number of aryl methyl sites for hydroxylation is 1. The first-order valence-electron chi connectivity index (χ1n) is 7.85. The van der Waals surface area contributed by atoms with Crippen LogP contribution in [0.2, 0.25) is 0 Å². The molecule has 2 rings (SSSR count). The van der Waals surface area contributed by atoms with Crippen LogP contribution >= 0.6 is 0 Å². The number of nitrogens with zero attached hydrogens (tertiary/aromatic N) is 2. The molecule has 26 heavy (non-hydrogen) atoms. The van der Waals surface area contributed by atoms with Gasteiger partial charge in [0.05, 0.1) is 19.0 Å². The van der Waals surface area contributed by atoms with Gasteiger partial charge in [-0.05, 0) is 19.1 Å². The second-order valence-corrected chi connectivity index (χ2v) is 8.06. The number of aromatic amines is 1. The summed E-state index contributed by atoms with van der Waals surface area (Å²) < 4.78 is 29.7. The molecule has 1 unspecified atom stereocenters. The van der Waals surface area contributed by atoms with Crippen LogP contribution in [-0.4, -0.2) is 84.7 Å². The molecular formula is C15H21N3O7S. The number of rotatable bonds is 6. The topological polar surface area (TPSA) is 137 Å². The average molecular weight is 387 g/mol. The number of amides is 1. The molecule has 0 spiro atoms. The van der Waals surface area contributed by atoms with Gasteiger partial charge in [0, 0.05) is 25.3 Å². The summed E-state index contributed by atoms with van der Waals surface area (Å²) >= 11 is 0. The maximum absolute atomic E-state index is 12.6. The zero-order valence-electron chi connectivity index (χ0n) is 14.5. The Bertz CT molecular complexity index is 849. The molecule has 0 bridgehead atoms. The smallest absolute Gasteiger partial charge is 0.318 e. The predicted molar refractivity (Wildman–Crippen MR) is 91.5 cm³/mol. The van der Waals surface area contributed by atoms with Gasteiger partial charge in [0.15, 0.2) is 0 Å². The highest BCUT2D eigenvalue weighted by atomic mass is 32.2. The van der Waals surface area contributed by atoms with Gasteiger partial charge in [0.25, 0.3) is 11.5 Å². The molecule has 1 saturated heterocycles. The zero-order valence-corrected chi connectivity index (χ0v) is 15.3. The lowest BCUT2D eigenvalue weighted by Crippen LogP contribution is -2.51. The Morgan fingerprint density at radius 2 is 2.12 bits per heavy atom. The van der Waals surface area contributed by atoms with E-state index in [1.54, 1.807) is 13.0 Å². The van der Waals surface area contributed by atoms with Crippen molar-refractivity contribution < 1.29 is 27.9 Å². The van der Waals surface area contributed by atoms with Crippen molar-refractivity contribution in [1.29, 1.82) is 0 Å². The van der Waals surface area contributed by atoms with E-state index in [2.05, 4.69) is 4.98 Å². The van der Waals surface area contributed by atoms with Gasteiger partial charge in [-0.3, -0.25) is 14.4 Å². The first kappa shape index (κ1) is 20.1. The summed E-state index contributed by atoms with van der Waals surface area (Å²) in [6, 6.07) is 3.05. The van der Waals surface area contributed by atoms with Gasteiger partial charge in [-0.1, -0.05) is 0 Å². The maximum Gasteiger partial charge on any atom is 0.318 e. The number of carboxylic acid groups (broad SMARTS) is 1. The van der Waals surface area contributed by atoms with Gasteiger partial charge in [0.1, 0.15) is 12.1 Å². The number of carbonyl (C=O) groups is 2. The maximum atomic E-state index is 12.6. The van der Waals surface area contributed by atoms with Crippen molar-refractivity contribution in [3.8, 4) is 0 Å². The fraction of sp³-hybridized carbons (Fsp3) is 0.533. The number of aromatic nitrogens is 1. The number of hydrogen-bond donors (Lipinski definition) is 2. The number of nitrogens with one attached hydrogen (secondary N) is 1. The monoisotopic (exact) mass is 387 g/mol. The molecule has 11 heteroatoms. The minimum atomic E-state index is -3.75. The minimum absolute atomic E-state index is 0.0123. The lowest BCUT2D eigenvalue weighted by molar-refractivity contribution is -0.137.